The summed E-state index contributed by atoms with van der Waals surface area (Å²) in [6.45, 7) is 3.74. The van der Waals surface area contributed by atoms with Gasteiger partial charge in [0, 0.05) is 11.3 Å². The van der Waals surface area contributed by atoms with Gasteiger partial charge in [-0.15, -0.1) is 0 Å². The van der Waals surface area contributed by atoms with E-state index in [0.717, 1.165) is 11.1 Å². The fraction of sp³-hybridized carbons (Fsp3) is 0.105. The van der Waals surface area contributed by atoms with E-state index in [1.807, 2.05) is 25.1 Å². The van der Waals surface area contributed by atoms with Crippen molar-refractivity contribution >= 4 is 28.9 Å². The molecule has 0 aliphatic carbocycles. The SMILES string of the molecule is Cc1ccc(Nc2ncnc(NNC(=O)c3ccccc3C)c2[N+](=O)[O-])cc1. The molecule has 2 aromatic carbocycles. The molecule has 142 valence electrons. The molecule has 1 amide bonds. The monoisotopic (exact) mass is 378 g/mol. The van der Waals surface area contributed by atoms with Gasteiger partial charge in [0.05, 0.1) is 4.92 Å². The van der Waals surface area contributed by atoms with Crippen LogP contribution in [0.15, 0.2) is 54.9 Å². The third-order valence-electron chi connectivity index (χ3n) is 4.00. The Hall–Kier alpha value is -4.01. The first-order chi connectivity index (χ1) is 13.5. The van der Waals surface area contributed by atoms with Crippen molar-refractivity contribution in [2.45, 2.75) is 13.8 Å². The van der Waals surface area contributed by atoms with Gasteiger partial charge in [-0.05, 0) is 37.6 Å². The molecule has 28 heavy (non-hydrogen) atoms. The van der Waals surface area contributed by atoms with Crippen molar-refractivity contribution in [1.29, 1.82) is 0 Å². The van der Waals surface area contributed by atoms with Crippen molar-refractivity contribution in [3.8, 4) is 0 Å². The smallest absolute Gasteiger partial charge is 0.334 e. The number of hydrazine groups is 1. The van der Waals surface area contributed by atoms with Crippen molar-refractivity contribution < 1.29 is 9.72 Å². The molecule has 0 bridgehead atoms. The summed E-state index contributed by atoms with van der Waals surface area (Å²) in [5, 5.41) is 14.5. The van der Waals surface area contributed by atoms with Crippen molar-refractivity contribution in [3.63, 3.8) is 0 Å². The van der Waals surface area contributed by atoms with Crippen LogP contribution in [0.1, 0.15) is 21.5 Å². The van der Waals surface area contributed by atoms with E-state index in [2.05, 4.69) is 26.1 Å². The lowest BCUT2D eigenvalue weighted by Crippen LogP contribution is -2.30. The zero-order valence-electron chi connectivity index (χ0n) is 15.3. The highest BCUT2D eigenvalue weighted by Gasteiger charge is 2.23. The topological polar surface area (TPSA) is 122 Å². The summed E-state index contributed by atoms with van der Waals surface area (Å²) in [7, 11) is 0. The lowest BCUT2D eigenvalue weighted by molar-refractivity contribution is -0.383. The number of aromatic nitrogens is 2. The Kier molecular flexibility index (Phi) is 5.45. The van der Waals surface area contributed by atoms with Crippen LogP contribution in [0, 0.1) is 24.0 Å². The summed E-state index contributed by atoms with van der Waals surface area (Å²) in [4.78, 5) is 31.1. The van der Waals surface area contributed by atoms with Crippen LogP contribution in [0.2, 0.25) is 0 Å². The minimum absolute atomic E-state index is 0.0106. The maximum Gasteiger partial charge on any atom is 0.355 e. The van der Waals surface area contributed by atoms with Crippen LogP contribution < -0.4 is 16.2 Å². The molecule has 0 fully saturated rings. The average molecular weight is 378 g/mol. The Bertz CT molecular complexity index is 1020. The number of amides is 1. The van der Waals surface area contributed by atoms with Crippen LogP contribution in [-0.2, 0) is 0 Å². The van der Waals surface area contributed by atoms with Crippen LogP contribution in [0.5, 0.6) is 0 Å². The maximum atomic E-state index is 12.3. The highest BCUT2D eigenvalue weighted by molar-refractivity contribution is 5.96. The van der Waals surface area contributed by atoms with E-state index in [0.29, 0.717) is 11.3 Å². The zero-order chi connectivity index (χ0) is 20.1. The molecule has 3 aromatic rings. The van der Waals surface area contributed by atoms with E-state index in [9.17, 15) is 14.9 Å². The van der Waals surface area contributed by atoms with Crippen LogP contribution in [0.3, 0.4) is 0 Å². The quantitative estimate of drug-likeness (QED) is 0.443. The highest BCUT2D eigenvalue weighted by atomic mass is 16.6. The van der Waals surface area contributed by atoms with Crippen LogP contribution in [0.25, 0.3) is 0 Å². The van der Waals surface area contributed by atoms with E-state index in [1.54, 1.807) is 37.3 Å². The largest absolute Gasteiger partial charge is 0.355 e. The number of benzene rings is 2. The number of aryl methyl sites for hydroxylation is 2. The predicted octanol–water partition coefficient (Wildman–Crippen LogP) is 3.50. The summed E-state index contributed by atoms with van der Waals surface area (Å²) >= 11 is 0. The van der Waals surface area contributed by atoms with E-state index < -0.39 is 10.8 Å². The highest BCUT2D eigenvalue weighted by Crippen LogP contribution is 2.30. The van der Waals surface area contributed by atoms with Crippen LogP contribution >= 0.6 is 0 Å². The molecule has 3 rings (SSSR count). The molecule has 0 aliphatic heterocycles. The number of carbonyl (C=O) groups excluding carboxylic acids is 1. The van der Waals surface area contributed by atoms with Gasteiger partial charge >= 0.3 is 5.69 Å². The molecule has 0 radical (unpaired) electrons. The van der Waals surface area contributed by atoms with Gasteiger partial charge in [-0.25, -0.2) is 9.97 Å². The van der Waals surface area contributed by atoms with E-state index in [1.165, 1.54) is 6.33 Å². The molecular formula is C19H18N6O3. The summed E-state index contributed by atoms with van der Waals surface area (Å²) in [6.07, 6.45) is 1.17. The number of rotatable bonds is 6. The molecule has 1 heterocycles. The second kappa shape index (κ2) is 8.12. The Labute approximate surface area is 161 Å². The van der Waals surface area contributed by atoms with E-state index in [4.69, 9.17) is 0 Å². The zero-order valence-corrected chi connectivity index (χ0v) is 15.3. The second-order valence-electron chi connectivity index (χ2n) is 6.06. The normalized spacial score (nSPS) is 10.2. The molecule has 0 saturated heterocycles. The Morgan fingerprint density at radius 3 is 2.36 bits per heavy atom. The Balaban J connectivity index is 1.83. The van der Waals surface area contributed by atoms with Crippen molar-refractivity contribution in [2.24, 2.45) is 0 Å². The summed E-state index contributed by atoms with van der Waals surface area (Å²) < 4.78 is 0. The molecule has 1 aromatic heterocycles. The van der Waals surface area contributed by atoms with Gasteiger partial charge in [-0.3, -0.25) is 25.8 Å². The number of nitrogens with zero attached hydrogens (tertiary/aromatic N) is 3. The molecule has 0 aliphatic rings. The number of nitrogens with one attached hydrogen (secondary N) is 3. The van der Waals surface area contributed by atoms with Gasteiger partial charge in [-0.1, -0.05) is 35.9 Å². The number of carbonyl (C=O) groups is 1. The molecule has 0 atom stereocenters. The fourth-order valence-electron chi connectivity index (χ4n) is 2.52. The number of anilines is 3. The van der Waals surface area contributed by atoms with Crippen LogP contribution in [0.4, 0.5) is 23.0 Å². The summed E-state index contributed by atoms with van der Waals surface area (Å²) in [6, 6.07) is 14.3. The predicted molar refractivity (Wildman–Crippen MR) is 105 cm³/mol. The second-order valence-corrected chi connectivity index (χ2v) is 6.06. The number of hydrogen-bond donors (Lipinski definition) is 3. The lowest BCUT2D eigenvalue weighted by Gasteiger charge is -2.11. The van der Waals surface area contributed by atoms with Gasteiger partial charge in [0.15, 0.2) is 0 Å². The minimum atomic E-state index is -0.612. The van der Waals surface area contributed by atoms with Gasteiger partial charge in [-0.2, -0.15) is 0 Å². The Morgan fingerprint density at radius 2 is 1.68 bits per heavy atom. The van der Waals surface area contributed by atoms with Crippen molar-refractivity contribution in [1.82, 2.24) is 15.4 Å². The number of hydrogen-bond acceptors (Lipinski definition) is 7. The summed E-state index contributed by atoms with van der Waals surface area (Å²) in [5.41, 5.74) is 7.51. The first-order valence-corrected chi connectivity index (χ1v) is 8.41. The molecule has 9 heteroatoms. The van der Waals surface area contributed by atoms with Gasteiger partial charge in [0.2, 0.25) is 11.6 Å². The van der Waals surface area contributed by atoms with Crippen molar-refractivity contribution in [3.05, 3.63) is 81.7 Å². The minimum Gasteiger partial charge on any atom is -0.334 e. The molecule has 3 N–H and O–H groups in total. The summed E-state index contributed by atoms with van der Waals surface area (Å²) in [5.74, 6) is -0.549. The maximum absolute atomic E-state index is 12.3. The molecule has 9 nitrogen and oxygen atoms in total. The fourth-order valence-corrected chi connectivity index (χ4v) is 2.52. The van der Waals surface area contributed by atoms with Crippen LogP contribution in [-0.4, -0.2) is 20.8 Å². The third-order valence-corrected chi connectivity index (χ3v) is 4.00. The first-order valence-electron chi connectivity index (χ1n) is 8.41. The van der Waals surface area contributed by atoms with Gasteiger partial charge < -0.3 is 5.32 Å². The molecular weight excluding hydrogens is 360 g/mol. The Morgan fingerprint density at radius 1 is 1.00 bits per heavy atom. The van der Waals surface area contributed by atoms with Gasteiger partial charge in [0.25, 0.3) is 5.91 Å². The third kappa shape index (κ3) is 4.21. The molecule has 0 saturated carbocycles. The standard InChI is InChI=1S/C19H18N6O3/c1-12-7-9-14(10-8-12)22-17-16(25(27)28)18(21-11-20-17)23-24-19(26)15-6-4-3-5-13(15)2/h3-11H,1-2H3,(H,24,26)(H2,20,21,22,23). The van der Waals surface area contributed by atoms with Gasteiger partial charge in [0.1, 0.15) is 6.33 Å². The van der Waals surface area contributed by atoms with E-state index >= 15 is 0 Å². The lowest BCUT2D eigenvalue weighted by atomic mass is 10.1. The average Bonchev–Trinajstić information content (AvgIpc) is 2.68. The molecule has 0 spiro atoms. The molecule has 0 unspecified atom stereocenters. The number of nitro groups is 1. The van der Waals surface area contributed by atoms with E-state index in [-0.39, 0.29) is 17.3 Å². The first kappa shape index (κ1) is 18.8. The van der Waals surface area contributed by atoms with Crippen molar-refractivity contribution in [2.75, 3.05) is 10.7 Å².